The quantitative estimate of drug-likeness (QED) is 0.776. The molecule has 1 aromatic heterocycles. The molecule has 0 aliphatic rings. The van der Waals surface area contributed by atoms with Gasteiger partial charge in [-0.25, -0.2) is 0 Å². The maximum atomic E-state index is 11.6. The SMILES string of the molecule is CCCOC(=O)CCNC(=O)c1ccc(C)nc1. The predicted octanol–water partition coefficient (Wildman–Crippen LogP) is 1.46. The van der Waals surface area contributed by atoms with Crippen molar-refractivity contribution in [3.63, 3.8) is 0 Å². The molecule has 1 amide bonds. The van der Waals surface area contributed by atoms with Crippen molar-refractivity contribution < 1.29 is 14.3 Å². The van der Waals surface area contributed by atoms with Gasteiger partial charge in [0, 0.05) is 18.4 Å². The lowest BCUT2D eigenvalue weighted by atomic mass is 10.2. The lowest BCUT2D eigenvalue weighted by Crippen LogP contribution is -2.26. The number of aryl methyl sites for hydroxylation is 1. The third-order valence-electron chi connectivity index (χ3n) is 2.26. The average Bonchev–Trinajstić information content (AvgIpc) is 2.37. The van der Waals surface area contributed by atoms with Crippen molar-refractivity contribution in [3.8, 4) is 0 Å². The van der Waals surface area contributed by atoms with Gasteiger partial charge in [-0.3, -0.25) is 14.6 Å². The van der Waals surface area contributed by atoms with E-state index in [9.17, 15) is 9.59 Å². The summed E-state index contributed by atoms with van der Waals surface area (Å²) in [7, 11) is 0. The first-order valence-corrected chi connectivity index (χ1v) is 6.00. The molecule has 0 aliphatic carbocycles. The molecule has 0 aliphatic heterocycles. The summed E-state index contributed by atoms with van der Waals surface area (Å²) in [4.78, 5) is 26.9. The number of aromatic nitrogens is 1. The minimum Gasteiger partial charge on any atom is -0.466 e. The van der Waals surface area contributed by atoms with Gasteiger partial charge in [-0.1, -0.05) is 6.92 Å². The third kappa shape index (κ3) is 4.95. The molecule has 0 atom stereocenters. The third-order valence-corrected chi connectivity index (χ3v) is 2.26. The first-order chi connectivity index (χ1) is 8.63. The summed E-state index contributed by atoms with van der Waals surface area (Å²) in [6, 6.07) is 3.47. The van der Waals surface area contributed by atoms with Gasteiger partial charge in [-0.2, -0.15) is 0 Å². The van der Waals surface area contributed by atoms with Gasteiger partial charge in [0.1, 0.15) is 0 Å². The van der Waals surface area contributed by atoms with Crippen molar-refractivity contribution in [3.05, 3.63) is 29.6 Å². The molecule has 1 aromatic rings. The van der Waals surface area contributed by atoms with Crippen molar-refractivity contribution in [1.82, 2.24) is 10.3 Å². The van der Waals surface area contributed by atoms with Crippen LogP contribution >= 0.6 is 0 Å². The number of esters is 1. The molecular weight excluding hydrogens is 232 g/mol. The van der Waals surface area contributed by atoms with Crippen molar-refractivity contribution in [2.45, 2.75) is 26.7 Å². The Morgan fingerprint density at radius 2 is 2.17 bits per heavy atom. The molecule has 1 rings (SSSR count). The van der Waals surface area contributed by atoms with Crippen molar-refractivity contribution in [2.75, 3.05) is 13.2 Å². The van der Waals surface area contributed by atoms with Gasteiger partial charge < -0.3 is 10.1 Å². The molecule has 0 unspecified atom stereocenters. The highest BCUT2D eigenvalue weighted by atomic mass is 16.5. The first-order valence-electron chi connectivity index (χ1n) is 6.00. The molecule has 1 N–H and O–H groups in total. The molecule has 0 radical (unpaired) electrons. The smallest absolute Gasteiger partial charge is 0.307 e. The average molecular weight is 250 g/mol. The van der Waals surface area contributed by atoms with E-state index in [0.717, 1.165) is 12.1 Å². The van der Waals surface area contributed by atoms with Crippen LogP contribution in [0.15, 0.2) is 18.3 Å². The Kier molecular flexibility index (Phi) is 5.84. The first kappa shape index (κ1) is 14.2. The molecule has 0 spiro atoms. The Bertz CT molecular complexity index is 401. The van der Waals surface area contributed by atoms with Crippen LogP contribution in [0.3, 0.4) is 0 Å². The van der Waals surface area contributed by atoms with Crippen LogP contribution in [0, 0.1) is 6.92 Å². The van der Waals surface area contributed by atoms with E-state index in [1.807, 2.05) is 13.8 Å². The molecule has 0 aromatic carbocycles. The molecule has 0 saturated carbocycles. The van der Waals surface area contributed by atoms with Crippen LogP contribution in [0.1, 0.15) is 35.8 Å². The fourth-order valence-corrected chi connectivity index (χ4v) is 1.27. The van der Waals surface area contributed by atoms with E-state index in [2.05, 4.69) is 10.3 Å². The Balaban J connectivity index is 2.29. The van der Waals surface area contributed by atoms with Crippen LogP contribution in [-0.4, -0.2) is 30.0 Å². The number of hydrogen-bond donors (Lipinski definition) is 1. The summed E-state index contributed by atoms with van der Waals surface area (Å²) in [5, 5.41) is 2.65. The number of rotatable bonds is 6. The Labute approximate surface area is 107 Å². The minimum atomic E-state index is -0.292. The second kappa shape index (κ2) is 7.42. The highest BCUT2D eigenvalue weighted by Gasteiger charge is 2.07. The van der Waals surface area contributed by atoms with Crippen LogP contribution in [-0.2, 0) is 9.53 Å². The van der Waals surface area contributed by atoms with E-state index in [4.69, 9.17) is 4.74 Å². The molecule has 0 fully saturated rings. The summed E-state index contributed by atoms with van der Waals surface area (Å²) < 4.78 is 4.89. The lowest BCUT2D eigenvalue weighted by molar-refractivity contribution is -0.143. The number of carbonyl (C=O) groups is 2. The Morgan fingerprint density at radius 1 is 1.39 bits per heavy atom. The van der Waals surface area contributed by atoms with Gasteiger partial charge in [0.2, 0.25) is 0 Å². The summed E-state index contributed by atoms with van der Waals surface area (Å²) >= 11 is 0. The van der Waals surface area contributed by atoms with Gasteiger partial charge in [-0.15, -0.1) is 0 Å². The zero-order valence-corrected chi connectivity index (χ0v) is 10.7. The molecule has 18 heavy (non-hydrogen) atoms. The summed E-state index contributed by atoms with van der Waals surface area (Å²) in [6.07, 6.45) is 2.50. The molecule has 5 nitrogen and oxygen atoms in total. The van der Waals surface area contributed by atoms with Crippen LogP contribution in [0.4, 0.5) is 0 Å². The minimum absolute atomic E-state index is 0.186. The van der Waals surface area contributed by atoms with E-state index < -0.39 is 0 Å². The zero-order chi connectivity index (χ0) is 13.4. The monoisotopic (exact) mass is 250 g/mol. The maximum absolute atomic E-state index is 11.6. The van der Waals surface area contributed by atoms with E-state index in [1.54, 1.807) is 12.1 Å². The normalized spacial score (nSPS) is 9.89. The molecule has 0 bridgehead atoms. The maximum Gasteiger partial charge on any atom is 0.307 e. The number of nitrogens with zero attached hydrogens (tertiary/aromatic N) is 1. The summed E-state index contributed by atoms with van der Waals surface area (Å²) in [5.41, 5.74) is 1.34. The fraction of sp³-hybridized carbons (Fsp3) is 0.462. The topological polar surface area (TPSA) is 68.3 Å². The van der Waals surface area contributed by atoms with Crippen LogP contribution in [0.5, 0.6) is 0 Å². The van der Waals surface area contributed by atoms with Gasteiger partial charge in [-0.05, 0) is 25.5 Å². The van der Waals surface area contributed by atoms with Gasteiger partial charge >= 0.3 is 5.97 Å². The van der Waals surface area contributed by atoms with E-state index in [-0.39, 0.29) is 24.8 Å². The van der Waals surface area contributed by atoms with Gasteiger partial charge in [0.05, 0.1) is 18.6 Å². The highest BCUT2D eigenvalue weighted by Crippen LogP contribution is 1.99. The highest BCUT2D eigenvalue weighted by molar-refractivity contribution is 5.94. The van der Waals surface area contributed by atoms with Gasteiger partial charge in [0.15, 0.2) is 0 Å². The molecular formula is C13H18N2O3. The van der Waals surface area contributed by atoms with Crippen LogP contribution in [0.25, 0.3) is 0 Å². The van der Waals surface area contributed by atoms with Crippen molar-refractivity contribution in [1.29, 1.82) is 0 Å². The molecule has 98 valence electrons. The molecule has 1 heterocycles. The summed E-state index contributed by atoms with van der Waals surface area (Å²) in [6.45, 7) is 4.48. The second-order valence-electron chi connectivity index (χ2n) is 3.91. The second-order valence-corrected chi connectivity index (χ2v) is 3.91. The lowest BCUT2D eigenvalue weighted by Gasteiger charge is -2.05. The number of pyridine rings is 1. The fourth-order valence-electron chi connectivity index (χ4n) is 1.27. The predicted molar refractivity (Wildman–Crippen MR) is 67.2 cm³/mol. The van der Waals surface area contributed by atoms with E-state index in [0.29, 0.717) is 12.2 Å². The zero-order valence-electron chi connectivity index (χ0n) is 10.7. The molecule has 0 saturated heterocycles. The Morgan fingerprint density at radius 3 is 2.78 bits per heavy atom. The van der Waals surface area contributed by atoms with E-state index in [1.165, 1.54) is 6.20 Å². The van der Waals surface area contributed by atoms with Crippen LogP contribution in [0.2, 0.25) is 0 Å². The standard InChI is InChI=1S/C13H18N2O3/c1-3-8-18-12(16)6-7-14-13(17)11-5-4-10(2)15-9-11/h4-5,9H,3,6-8H2,1-2H3,(H,14,17). The van der Waals surface area contributed by atoms with Crippen LogP contribution < -0.4 is 5.32 Å². The number of nitrogens with one attached hydrogen (secondary N) is 1. The number of hydrogen-bond acceptors (Lipinski definition) is 4. The largest absolute Gasteiger partial charge is 0.466 e. The van der Waals surface area contributed by atoms with Crippen molar-refractivity contribution >= 4 is 11.9 Å². The number of ether oxygens (including phenoxy) is 1. The molecule has 5 heteroatoms. The van der Waals surface area contributed by atoms with Gasteiger partial charge in [0.25, 0.3) is 5.91 Å². The van der Waals surface area contributed by atoms with Crippen molar-refractivity contribution in [2.24, 2.45) is 0 Å². The number of amides is 1. The van der Waals surface area contributed by atoms with E-state index >= 15 is 0 Å². The Hall–Kier alpha value is -1.91. The summed E-state index contributed by atoms with van der Waals surface area (Å²) in [5.74, 6) is -0.523. The number of carbonyl (C=O) groups excluding carboxylic acids is 2.